The van der Waals surface area contributed by atoms with Gasteiger partial charge in [-0.25, -0.2) is 4.79 Å². The third-order valence-corrected chi connectivity index (χ3v) is 4.56. The van der Waals surface area contributed by atoms with Gasteiger partial charge in [-0.05, 0) is 37.9 Å². The Kier molecular flexibility index (Phi) is 3.05. The van der Waals surface area contributed by atoms with Crippen LogP contribution >= 0.6 is 0 Å². The second-order valence-corrected chi connectivity index (χ2v) is 5.69. The first-order valence-electron chi connectivity index (χ1n) is 7.09. The second kappa shape index (κ2) is 4.60. The Labute approximate surface area is 113 Å². The average molecular weight is 260 g/mol. The Hall–Kier alpha value is -1.42. The normalized spacial score (nSPS) is 25.4. The van der Waals surface area contributed by atoms with Crippen LogP contribution in [0.15, 0.2) is 6.07 Å². The molecule has 2 aliphatic rings. The molecule has 0 saturated carbocycles. The Morgan fingerprint density at radius 2 is 2.32 bits per heavy atom. The molecule has 102 valence electrons. The quantitative estimate of drug-likeness (QED) is 0.907. The van der Waals surface area contributed by atoms with Crippen molar-refractivity contribution in [2.24, 2.45) is 0 Å². The highest BCUT2D eigenvalue weighted by Crippen LogP contribution is 2.42. The number of carbonyl (C=O) groups is 1. The zero-order valence-corrected chi connectivity index (χ0v) is 11.5. The number of hydrogen-bond acceptors (Lipinski definition) is 3. The van der Waals surface area contributed by atoms with Gasteiger partial charge in [0.1, 0.15) is 0 Å². The lowest BCUT2D eigenvalue weighted by Gasteiger charge is -2.33. The lowest BCUT2D eigenvalue weighted by Crippen LogP contribution is -2.35. The number of aryl methyl sites for hydroxylation is 1. The van der Waals surface area contributed by atoms with Gasteiger partial charge in [0.05, 0.1) is 11.3 Å². The van der Waals surface area contributed by atoms with E-state index in [9.17, 15) is 9.90 Å². The highest BCUT2D eigenvalue weighted by molar-refractivity contribution is 5.89. The molecule has 4 nitrogen and oxygen atoms in total. The predicted molar refractivity (Wildman–Crippen MR) is 72.4 cm³/mol. The highest BCUT2D eigenvalue weighted by Gasteiger charge is 2.38. The lowest BCUT2D eigenvalue weighted by molar-refractivity contribution is 0.0694. The maximum absolute atomic E-state index is 11.4. The summed E-state index contributed by atoms with van der Waals surface area (Å²) < 4.78 is 0. The van der Waals surface area contributed by atoms with Crippen LogP contribution in [-0.4, -0.2) is 34.0 Å². The smallest absolute Gasteiger partial charge is 0.337 e. The Morgan fingerprint density at radius 3 is 3.00 bits per heavy atom. The standard InChI is InChI=1S/C15H20N2O2/c1-3-4-12-11(15(18)19)8-10-13(16-12)7-9-5-6-14(10)17(9)2/h8-9,14H,3-7H2,1-2H3,(H,18,19). The second-order valence-electron chi connectivity index (χ2n) is 5.69. The number of nitrogens with zero attached hydrogens (tertiary/aromatic N) is 2. The molecule has 0 radical (unpaired) electrons. The molecular formula is C15H20N2O2. The van der Waals surface area contributed by atoms with E-state index in [0.29, 0.717) is 17.6 Å². The van der Waals surface area contributed by atoms with E-state index in [1.807, 2.05) is 6.07 Å². The molecule has 2 unspecified atom stereocenters. The van der Waals surface area contributed by atoms with Crippen molar-refractivity contribution in [3.8, 4) is 0 Å². The van der Waals surface area contributed by atoms with Gasteiger partial charge >= 0.3 is 5.97 Å². The number of aromatic nitrogens is 1. The molecular weight excluding hydrogens is 240 g/mol. The molecule has 0 amide bonds. The minimum absolute atomic E-state index is 0.370. The first-order chi connectivity index (χ1) is 9.11. The van der Waals surface area contributed by atoms with Crippen LogP contribution in [0.5, 0.6) is 0 Å². The largest absolute Gasteiger partial charge is 0.478 e. The molecule has 1 aromatic heterocycles. The van der Waals surface area contributed by atoms with E-state index in [2.05, 4.69) is 18.9 Å². The molecule has 0 aliphatic carbocycles. The summed E-state index contributed by atoms with van der Waals surface area (Å²) in [5.74, 6) is -0.846. The van der Waals surface area contributed by atoms with Crippen LogP contribution in [0.3, 0.4) is 0 Å². The van der Waals surface area contributed by atoms with E-state index in [1.54, 1.807) is 0 Å². The zero-order chi connectivity index (χ0) is 13.6. The molecule has 2 aliphatic heterocycles. The Morgan fingerprint density at radius 1 is 1.53 bits per heavy atom. The van der Waals surface area contributed by atoms with Crippen LogP contribution in [0.4, 0.5) is 0 Å². The maximum atomic E-state index is 11.4. The molecule has 1 aromatic rings. The van der Waals surface area contributed by atoms with Crippen molar-refractivity contribution < 1.29 is 9.90 Å². The number of hydrogen-bond donors (Lipinski definition) is 1. The average Bonchev–Trinajstić information content (AvgIpc) is 2.62. The van der Waals surface area contributed by atoms with E-state index in [1.165, 1.54) is 6.42 Å². The highest BCUT2D eigenvalue weighted by atomic mass is 16.4. The van der Waals surface area contributed by atoms with Crippen LogP contribution in [-0.2, 0) is 12.8 Å². The molecule has 3 rings (SSSR count). The summed E-state index contributed by atoms with van der Waals surface area (Å²) in [5, 5.41) is 9.38. The molecule has 1 fully saturated rings. The van der Waals surface area contributed by atoms with Crippen LogP contribution in [0.25, 0.3) is 0 Å². The SMILES string of the molecule is CCCc1nc2c(cc1C(=O)O)C1CCC(C2)N1C. The van der Waals surface area contributed by atoms with E-state index < -0.39 is 5.97 Å². The van der Waals surface area contributed by atoms with E-state index in [4.69, 9.17) is 4.98 Å². The van der Waals surface area contributed by atoms with Crippen molar-refractivity contribution in [1.29, 1.82) is 0 Å². The summed E-state index contributed by atoms with van der Waals surface area (Å²) in [7, 11) is 2.14. The zero-order valence-electron chi connectivity index (χ0n) is 11.5. The van der Waals surface area contributed by atoms with E-state index in [0.717, 1.165) is 42.6 Å². The van der Waals surface area contributed by atoms with Crippen molar-refractivity contribution in [1.82, 2.24) is 9.88 Å². The molecule has 19 heavy (non-hydrogen) atoms. The number of likely N-dealkylation sites (N-methyl/N-ethyl adjacent to an activating group) is 1. The van der Waals surface area contributed by atoms with Crippen molar-refractivity contribution in [2.45, 2.75) is 51.1 Å². The molecule has 2 bridgehead atoms. The summed E-state index contributed by atoms with van der Waals surface area (Å²) in [6.07, 6.45) is 4.98. The first-order valence-corrected chi connectivity index (χ1v) is 7.09. The van der Waals surface area contributed by atoms with Crippen molar-refractivity contribution in [3.63, 3.8) is 0 Å². The van der Waals surface area contributed by atoms with Gasteiger partial charge in [0.2, 0.25) is 0 Å². The topological polar surface area (TPSA) is 53.4 Å². The fourth-order valence-corrected chi connectivity index (χ4v) is 3.53. The van der Waals surface area contributed by atoms with Gasteiger partial charge < -0.3 is 5.11 Å². The van der Waals surface area contributed by atoms with Crippen LogP contribution in [0.1, 0.15) is 59.5 Å². The number of fused-ring (bicyclic) bond motifs is 4. The molecule has 0 aromatic carbocycles. The maximum Gasteiger partial charge on any atom is 0.337 e. The van der Waals surface area contributed by atoms with Crippen molar-refractivity contribution >= 4 is 5.97 Å². The minimum Gasteiger partial charge on any atom is -0.478 e. The number of carboxylic acids is 1. The summed E-state index contributed by atoms with van der Waals surface area (Å²) >= 11 is 0. The lowest BCUT2D eigenvalue weighted by atomic mass is 9.95. The van der Waals surface area contributed by atoms with Crippen molar-refractivity contribution in [3.05, 3.63) is 28.6 Å². The molecule has 2 atom stereocenters. The molecule has 4 heteroatoms. The number of pyridine rings is 1. The van der Waals surface area contributed by atoms with Crippen LogP contribution in [0.2, 0.25) is 0 Å². The molecule has 1 saturated heterocycles. The summed E-state index contributed by atoms with van der Waals surface area (Å²) in [6, 6.07) is 2.85. The number of aromatic carboxylic acids is 1. The number of carboxylic acid groups (broad SMARTS) is 1. The molecule has 1 N–H and O–H groups in total. The third kappa shape index (κ3) is 1.94. The first kappa shape index (κ1) is 12.6. The summed E-state index contributed by atoms with van der Waals surface area (Å²) in [4.78, 5) is 18.5. The summed E-state index contributed by atoms with van der Waals surface area (Å²) in [5.41, 5.74) is 3.45. The van der Waals surface area contributed by atoms with Gasteiger partial charge in [0, 0.05) is 24.2 Å². The van der Waals surface area contributed by atoms with Gasteiger partial charge in [-0.3, -0.25) is 9.88 Å². The van der Waals surface area contributed by atoms with Gasteiger partial charge in [0.15, 0.2) is 0 Å². The van der Waals surface area contributed by atoms with Crippen LogP contribution < -0.4 is 0 Å². The third-order valence-electron chi connectivity index (χ3n) is 4.56. The summed E-state index contributed by atoms with van der Waals surface area (Å²) in [6.45, 7) is 2.06. The fourth-order valence-electron chi connectivity index (χ4n) is 3.53. The van der Waals surface area contributed by atoms with Gasteiger partial charge in [-0.2, -0.15) is 0 Å². The Bertz CT molecular complexity index is 527. The van der Waals surface area contributed by atoms with E-state index >= 15 is 0 Å². The Balaban J connectivity index is 2.10. The van der Waals surface area contributed by atoms with E-state index in [-0.39, 0.29) is 0 Å². The molecule has 0 spiro atoms. The fraction of sp³-hybridized carbons (Fsp3) is 0.600. The van der Waals surface area contributed by atoms with Gasteiger partial charge in [-0.1, -0.05) is 13.3 Å². The predicted octanol–water partition coefficient (Wildman–Crippen LogP) is 2.42. The van der Waals surface area contributed by atoms with Crippen molar-refractivity contribution in [2.75, 3.05) is 7.05 Å². The van der Waals surface area contributed by atoms with Crippen LogP contribution in [0, 0.1) is 0 Å². The van der Waals surface area contributed by atoms with Gasteiger partial charge in [-0.15, -0.1) is 0 Å². The monoisotopic (exact) mass is 260 g/mol. The minimum atomic E-state index is -0.846. The number of rotatable bonds is 3. The van der Waals surface area contributed by atoms with Gasteiger partial charge in [0.25, 0.3) is 0 Å². The molecule has 3 heterocycles.